The third-order valence-corrected chi connectivity index (χ3v) is 2.42. The Morgan fingerprint density at radius 2 is 1.79 bits per heavy atom. The molecule has 0 spiro atoms. The minimum absolute atomic E-state index is 0.163. The van der Waals surface area contributed by atoms with E-state index in [-0.39, 0.29) is 6.04 Å². The standard InChI is InChI=1S/C13H21N/c1-10-7-5-6-8-11(10)12(14)9-13(2,3)4/h5-8,12H,9,14H2,1-4H3/t12-/m1/s1. The first-order chi connectivity index (χ1) is 6.40. The second-order valence-electron chi connectivity index (χ2n) is 5.23. The van der Waals surface area contributed by atoms with Crippen molar-refractivity contribution in [2.24, 2.45) is 11.1 Å². The van der Waals surface area contributed by atoms with E-state index in [0.29, 0.717) is 5.41 Å². The highest BCUT2D eigenvalue weighted by Gasteiger charge is 2.17. The van der Waals surface area contributed by atoms with E-state index < -0.39 is 0 Å². The fraction of sp³-hybridized carbons (Fsp3) is 0.538. The van der Waals surface area contributed by atoms with Gasteiger partial charge in [-0.15, -0.1) is 0 Å². The van der Waals surface area contributed by atoms with Gasteiger partial charge in [0.2, 0.25) is 0 Å². The first-order valence-electron chi connectivity index (χ1n) is 5.21. The summed E-state index contributed by atoms with van der Waals surface area (Å²) in [6, 6.07) is 8.54. The Morgan fingerprint density at radius 3 is 2.29 bits per heavy atom. The smallest absolute Gasteiger partial charge is 0.0302 e. The Morgan fingerprint density at radius 1 is 1.21 bits per heavy atom. The van der Waals surface area contributed by atoms with E-state index in [1.165, 1.54) is 11.1 Å². The molecule has 0 fully saturated rings. The van der Waals surface area contributed by atoms with E-state index in [2.05, 4.69) is 52.0 Å². The van der Waals surface area contributed by atoms with Gasteiger partial charge in [-0.2, -0.15) is 0 Å². The third-order valence-electron chi connectivity index (χ3n) is 2.42. The zero-order chi connectivity index (χ0) is 10.8. The molecule has 0 aromatic heterocycles. The van der Waals surface area contributed by atoms with Gasteiger partial charge in [0.25, 0.3) is 0 Å². The zero-order valence-corrected chi connectivity index (χ0v) is 9.67. The first kappa shape index (κ1) is 11.3. The van der Waals surface area contributed by atoms with Crippen LogP contribution in [0.15, 0.2) is 24.3 Å². The van der Waals surface area contributed by atoms with Crippen LogP contribution in [0.2, 0.25) is 0 Å². The molecule has 78 valence electrons. The molecule has 14 heavy (non-hydrogen) atoms. The van der Waals surface area contributed by atoms with Gasteiger partial charge in [0.1, 0.15) is 0 Å². The average Bonchev–Trinajstić information content (AvgIpc) is 2.01. The maximum absolute atomic E-state index is 6.18. The van der Waals surface area contributed by atoms with Gasteiger partial charge in [0.05, 0.1) is 0 Å². The van der Waals surface area contributed by atoms with Gasteiger partial charge in [0, 0.05) is 6.04 Å². The molecule has 1 aromatic rings. The number of rotatable bonds is 2. The average molecular weight is 191 g/mol. The Bertz CT molecular complexity index is 296. The molecule has 1 atom stereocenters. The molecule has 0 saturated carbocycles. The van der Waals surface area contributed by atoms with E-state index in [4.69, 9.17) is 5.73 Å². The lowest BCUT2D eigenvalue weighted by Gasteiger charge is -2.24. The van der Waals surface area contributed by atoms with Crippen LogP contribution < -0.4 is 5.73 Å². The minimum atomic E-state index is 0.163. The molecule has 0 heterocycles. The lowest BCUT2D eigenvalue weighted by atomic mass is 9.85. The fourth-order valence-corrected chi connectivity index (χ4v) is 1.77. The lowest BCUT2D eigenvalue weighted by Crippen LogP contribution is -2.19. The predicted molar refractivity (Wildman–Crippen MR) is 62.2 cm³/mol. The molecule has 0 radical (unpaired) electrons. The summed E-state index contributed by atoms with van der Waals surface area (Å²) in [6.45, 7) is 8.80. The van der Waals surface area contributed by atoms with Crippen LogP contribution in [-0.4, -0.2) is 0 Å². The van der Waals surface area contributed by atoms with E-state index in [1.54, 1.807) is 0 Å². The lowest BCUT2D eigenvalue weighted by molar-refractivity contribution is 0.342. The molecule has 0 bridgehead atoms. The molecule has 0 aliphatic carbocycles. The Balaban J connectivity index is 2.80. The summed E-state index contributed by atoms with van der Waals surface area (Å²) in [5.41, 5.74) is 9.05. The summed E-state index contributed by atoms with van der Waals surface area (Å²) in [5.74, 6) is 0. The van der Waals surface area contributed by atoms with Crippen LogP contribution in [0.5, 0.6) is 0 Å². The Kier molecular flexibility index (Phi) is 3.33. The summed E-state index contributed by atoms with van der Waals surface area (Å²) >= 11 is 0. The van der Waals surface area contributed by atoms with Crippen LogP contribution >= 0.6 is 0 Å². The van der Waals surface area contributed by atoms with Crippen LogP contribution in [0.1, 0.15) is 44.4 Å². The van der Waals surface area contributed by atoms with Crippen molar-refractivity contribution in [3.05, 3.63) is 35.4 Å². The molecule has 1 nitrogen and oxygen atoms in total. The fourth-order valence-electron chi connectivity index (χ4n) is 1.77. The van der Waals surface area contributed by atoms with E-state index in [9.17, 15) is 0 Å². The molecule has 0 aliphatic heterocycles. The SMILES string of the molecule is Cc1ccccc1[C@H](N)CC(C)(C)C. The summed E-state index contributed by atoms with van der Waals surface area (Å²) in [5, 5.41) is 0. The third kappa shape index (κ3) is 3.15. The topological polar surface area (TPSA) is 26.0 Å². The summed E-state index contributed by atoms with van der Waals surface area (Å²) < 4.78 is 0. The summed E-state index contributed by atoms with van der Waals surface area (Å²) in [7, 11) is 0. The van der Waals surface area contributed by atoms with E-state index in [0.717, 1.165) is 6.42 Å². The normalized spacial score (nSPS) is 14.1. The van der Waals surface area contributed by atoms with Gasteiger partial charge >= 0.3 is 0 Å². The first-order valence-corrected chi connectivity index (χ1v) is 5.21. The highest BCUT2D eigenvalue weighted by molar-refractivity contribution is 5.28. The molecule has 1 aromatic carbocycles. The van der Waals surface area contributed by atoms with Crippen molar-refractivity contribution in [1.29, 1.82) is 0 Å². The monoisotopic (exact) mass is 191 g/mol. The van der Waals surface area contributed by atoms with Crippen LogP contribution in [0, 0.1) is 12.3 Å². The molecule has 1 rings (SSSR count). The van der Waals surface area contributed by atoms with Crippen molar-refractivity contribution < 1.29 is 0 Å². The second-order valence-corrected chi connectivity index (χ2v) is 5.23. The summed E-state index contributed by atoms with van der Waals surface area (Å²) in [4.78, 5) is 0. The van der Waals surface area contributed by atoms with Gasteiger partial charge in [-0.1, -0.05) is 45.0 Å². The van der Waals surface area contributed by atoms with Gasteiger partial charge in [-0.25, -0.2) is 0 Å². The minimum Gasteiger partial charge on any atom is -0.324 e. The molecule has 2 N–H and O–H groups in total. The Hall–Kier alpha value is -0.820. The van der Waals surface area contributed by atoms with E-state index >= 15 is 0 Å². The predicted octanol–water partition coefficient (Wildman–Crippen LogP) is 3.43. The summed E-state index contributed by atoms with van der Waals surface area (Å²) in [6.07, 6.45) is 1.03. The zero-order valence-electron chi connectivity index (χ0n) is 9.67. The Labute approximate surface area is 87.3 Å². The van der Waals surface area contributed by atoms with Crippen molar-refractivity contribution in [2.75, 3.05) is 0 Å². The van der Waals surface area contributed by atoms with Crippen LogP contribution in [-0.2, 0) is 0 Å². The maximum atomic E-state index is 6.18. The molecule has 1 heteroatoms. The molecule has 0 amide bonds. The highest BCUT2D eigenvalue weighted by atomic mass is 14.6. The van der Waals surface area contributed by atoms with Gasteiger partial charge in [0.15, 0.2) is 0 Å². The van der Waals surface area contributed by atoms with Crippen molar-refractivity contribution in [3.8, 4) is 0 Å². The largest absolute Gasteiger partial charge is 0.324 e. The number of hydrogen-bond donors (Lipinski definition) is 1. The number of nitrogens with two attached hydrogens (primary N) is 1. The number of hydrogen-bond acceptors (Lipinski definition) is 1. The van der Waals surface area contributed by atoms with Gasteiger partial charge in [-0.3, -0.25) is 0 Å². The van der Waals surface area contributed by atoms with E-state index in [1.807, 2.05) is 0 Å². The number of aryl methyl sites for hydroxylation is 1. The quantitative estimate of drug-likeness (QED) is 0.761. The van der Waals surface area contributed by atoms with Crippen LogP contribution in [0.25, 0.3) is 0 Å². The van der Waals surface area contributed by atoms with Crippen LogP contribution in [0.3, 0.4) is 0 Å². The molecule has 0 unspecified atom stereocenters. The molecular formula is C13H21N. The van der Waals surface area contributed by atoms with Gasteiger partial charge < -0.3 is 5.73 Å². The highest BCUT2D eigenvalue weighted by Crippen LogP contribution is 2.28. The van der Waals surface area contributed by atoms with Crippen molar-refractivity contribution >= 4 is 0 Å². The van der Waals surface area contributed by atoms with Crippen LogP contribution in [0.4, 0.5) is 0 Å². The maximum Gasteiger partial charge on any atom is 0.0302 e. The molecule has 0 aliphatic rings. The number of benzene rings is 1. The molecule has 0 saturated heterocycles. The van der Waals surface area contributed by atoms with Gasteiger partial charge in [-0.05, 0) is 29.9 Å². The second kappa shape index (κ2) is 4.14. The molecular weight excluding hydrogens is 170 g/mol. The van der Waals surface area contributed by atoms with Crippen molar-refractivity contribution in [3.63, 3.8) is 0 Å². The van der Waals surface area contributed by atoms with Crippen molar-refractivity contribution in [1.82, 2.24) is 0 Å². The van der Waals surface area contributed by atoms with Crippen molar-refractivity contribution in [2.45, 2.75) is 40.2 Å².